The van der Waals surface area contributed by atoms with Gasteiger partial charge in [-0.15, -0.1) is 0 Å². The second kappa shape index (κ2) is 17.1. The van der Waals surface area contributed by atoms with Crippen molar-refractivity contribution in [2.75, 3.05) is 44.7 Å². The number of hydrogen-bond donors (Lipinski definition) is 3. The first-order valence-corrected chi connectivity index (χ1v) is 19.7. The Hall–Kier alpha value is -5.10. The Morgan fingerprint density at radius 1 is 0.964 bits per heavy atom. The SMILES string of the molecule is CCc1nc2c(cnn2CC)c(NC2CCOCC2)c1CN(Cc1ccc(C)c(-c2cccc(CN3CCNCC3)c2)c1)C(=O)c1cc(C)cc(C(N)=O)c1. The number of primary amides is 1. The summed E-state index contributed by atoms with van der Waals surface area (Å²) in [6, 6.07) is 20.7. The Morgan fingerprint density at radius 3 is 2.49 bits per heavy atom. The summed E-state index contributed by atoms with van der Waals surface area (Å²) in [5.41, 5.74) is 16.7. The van der Waals surface area contributed by atoms with Gasteiger partial charge in [-0.25, -0.2) is 9.67 Å². The lowest BCUT2D eigenvalue weighted by Crippen LogP contribution is -2.42. The fraction of sp³-hybridized carbons (Fsp3) is 0.409. The molecule has 2 saturated heterocycles. The van der Waals surface area contributed by atoms with Crippen LogP contribution in [0.25, 0.3) is 22.2 Å². The molecule has 4 N–H and O–H groups in total. The highest BCUT2D eigenvalue weighted by Crippen LogP contribution is 2.34. The molecule has 0 radical (unpaired) electrons. The summed E-state index contributed by atoms with van der Waals surface area (Å²) in [7, 11) is 0. The number of carbonyl (C=O) groups is 2. The van der Waals surface area contributed by atoms with Crippen molar-refractivity contribution < 1.29 is 14.3 Å². The first-order valence-electron chi connectivity index (χ1n) is 19.7. The van der Waals surface area contributed by atoms with E-state index < -0.39 is 5.91 Å². The van der Waals surface area contributed by atoms with E-state index in [1.165, 1.54) is 11.1 Å². The number of hydrogen-bond acceptors (Lipinski definition) is 8. The number of aromatic nitrogens is 3. The van der Waals surface area contributed by atoms with E-state index in [-0.39, 0.29) is 11.9 Å². The predicted octanol–water partition coefficient (Wildman–Crippen LogP) is 6.24. The van der Waals surface area contributed by atoms with Gasteiger partial charge in [0.05, 0.1) is 23.8 Å². The number of piperazine rings is 1. The fourth-order valence-electron chi connectivity index (χ4n) is 7.97. The molecule has 0 aliphatic carbocycles. The molecule has 2 aliphatic heterocycles. The van der Waals surface area contributed by atoms with Crippen molar-refractivity contribution in [2.45, 2.75) is 79.2 Å². The first-order chi connectivity index (χ1) is 26.7. The van der Waals surface area contributed by atoms with Gasteiger partial charge in [-0.2, -0.15) is 5.10 Å². The van der Waals surface area contributed by atoms with Crippen molar-refractivity contribution >= 4 is 28.5 Å². The van der Waals surface area contributed by atoms with Crippen LogP contribution in [0.5, 0.6) is 0 Å². The molecular formula is C44H54N8O3. The Bertz CT molecular complexity index is 2170. The molecule has 0 bridgehead atoms. The van der Waals surface area contributed by atoms with Crippen LogP contribution in [0.3, 0.4) is 0 Å². The number of nitrogens with zero attached hydrogens (tertiary/aromatic N) is 5. The molecule has 11 heteroatoms. The average molecular weight is 743 g/mol. The minimum absolute atomic E-state index is 0.185. The normalized spacial score (nSPS) is 15.3. The average Bonchev–Trinajstić information content (AvgIpc) is 3.62. The van der Waals surface area contributed by atoms with Crippen LogP contribution in [0.1, 0.15) is 80.9 Å². The molecule has 3 aromatic carbocycles. The summed E-state index contributed by atoms with van der Waals surface area (Å²) < 4.78 is 7.63. The third-order valence-corrected chi connectivity index (χ3v) is 11.0. The van der Waals surface area contributed by atoms with Crippen molar-refractivity contribution in [1.82, 2.24) is 29.9 Å². The van der Waals surface area contributed by atoms with Crippen LogP contribution < -0.4 is 16.4 Å². The molecule has 2 aliphatic rings. The standard InChI is InChI=1S/C44H54N8O3/c1-5-40-39(41(48-36-12-18-55-19-13-36)38-25-47-52(6-2)43(38)49-40)28-51(44(54)35-21-29(3)20-34(24-35)42(45)53)27-32-11-10-30(4)37(23-32)33-9-7-8-31(22-33)26-50-16-14-46-15-17-50/h7-11,20-25,36,46H,5-6,12-19,26-28H2,1-4H3,(H2,45,53)(H,48,49). The summed E-state index contributed by atoms with van der Waals surface area (Å²) in [6.45, 7) is 16.0. The second-order valence-electron chi connectivity index (χ2n) is 15.0. The molecule has 2 fully saturated rings. The fourth-order valence-corrected chi connectivity index (χ4v) is 7.97. The van der Waals surface area contributed by atoms with E-state index in [2.05, 4.69) is 78.8 Å². The van der Waals surface area contributed by atoms with Crippen LogP contribution in [-0.2, 0) is 37.3 Å². The van der Waals surface area contributed by atoms with Gasteiger partial charge in [-0.05, 0) is 104 Å². The Kier molecular flexibility index (Phi) is 11.9. The molecule has 4 heterocycles. The minimum Gasteiger partial charge on any atom is -0.381 e. The highest BCUT2D eigenvalue weighted by Gasteiger charge is 2.26. The van der Waals surface area contributed by atoms with Crippen LogP contribution in [-0.4, -0.2) is 81.8 Å². The molecule has 0 saturated carbocycles. The first kappa shape index (κ1) is 38.2. The van der Waals surface area contributed by atoms with Crippen molar-refractivity contribution in [1.29, 1.82) is 0 Å². The lowest BCUT2D eigenvalue weighted by atomic mass is 9.96. The smallest absolute Gasteiger partial charge is 0.254 e. The van der Waals surface area contributed by atoms with E-state index in [1.54, 1.807) is 12.1 Å². The monoisotopic (exact) mass is 742 g/mol. The van der Waals surface area contributed by atoms with Gasteiger partial charge in [0.15, 0.2) is 5.65 Å². The predicted molar refractivity (Wildman–Crippen MR) is 218 cm³/mol. The summed E-state index contributed by atoms with van der Waals surface area (Å²) in [5, 5.41) is 13.0. The minimum atomic E-state index is -0.564. The van der Waals surface area contributed by atoms with Crippen LogP contribution in [0.4, 0.5) is 5.69 Å². The number of amides is 2. The zero-order chi connectivity index (χ0) is 38.5. The maximum Gasteiger partial charge on any atom is 0.254 e. The number of nitrogens with one attached hydrogen (secondary N) is 2. The van der Waals surface area contributed by atoms with E-state index in [4.69, 9.17) is 20.6 Å². The second-order valence-corrected chi connectivity index (χ2v) is 15.0. The van der Waals surface area contributed by atoms with Crippen LogP contribution in [0, 0.1) is 13.8 Å². The zero-order valence-corrected chi connectivity index (χ0v) is 32.7. The molecule has 288 valence electrons. The van der Waals surface area contributed by atoms with Gasteiger partial charge in [0.1, 0.15) is 0 Å². The van der Waals surface area contributed by atoms with Crippen molar-refractivity contribution in [3.05, 3.63) is 111 Å². The lowest BCUT2D eigenvalue weighted by molar-refractivity contribution is 0.0729. The van der Waals surface area contributed by atoms with Crippen molar-refractivity contribution in [3.8, 4) is 11.1 Å². The van der Waals surface area contributed by atoms with Crippen LogP contribution in [0.2, 0.25) is 0 Å². The van der Waals surface area contributed by atoms with Crippen LogP contribution >= 0.6 is 0 Å². The third kappa shape index (κ3) is 8.75. The third-order valence-electron chi connectivity index (χ3n) is 11.0. The molecule has 11 nitrogen and oxygen atoms in total. The molecule has 2 aromatic heterocycles. The van der Waals surface area contributed by atoms with Crippen molar-refractivity contribution in [2.24, 2.45) is 5.73 Å². The maximum absolute atomic E-state index is 14.8. The number of ether oxygens (including phenoxy) is 1. The summed E-state index contributed by atoms with van der Waals surface area (Å²) in [5.74, 6) is -0.750. The number of aryl methyl sites for hydroxylation is 4. The van der Waals surface area contributed by atoms with Crippen LogP contribution in [0.15, 0.2) is 66.9 Å². The van der Waals surface area contributed by atoms with Gasteiger partial charge in [0.2, 0.25) is 5.91 Å². The number of fused-ring (bicyclic) bond motifs is 1. The molecule has 0 unspecified atom stereocenters. The number of pyridine rings is 1. The largest absolute Gasteiger partial charge is 0.381 e. The highest BCUT2D eigenvalue weighted by molar-refractivity contribution is 6.00. The van der Waals surface area contributed by atoms with E-state index in [1.807, 2.05) is 28.8 Å². The lowest BCUT2D eigenvalue weighted by Gasteiger charge is -2.29. The molecule has 0 spiro atoms. The quantitative estimate of drug-likeness (QED) is 0.129. The van der Waals surface area contributed by atoms with Gasteiger partial charge < -0.3 is 26.0 Å². The number of rotatable bonds is 13. The van der Waals surface area contributed by atoms with Gasteiger partial charge >= 0.3 is 0 Å². The molecular weight excluding hydrogens is 689 g/mol. The summed E-state index contributed by atoms with van der Waals surface area (Å²) in [4.78, 5) is 36.7. The number of carbonyl (C=O) groups excluding carboxylic acids is 2. The van der Waals surface area contributed by atoms with E-state index in [0.717, 1.165) is 95.8 Å². The molecule has 2 amide bonds. The topological polar surface area (TPSA) is 131 Å². The maximum atomic E-state index is 14.8. The van der Waals surface area contributed by atoms with Gasteiger partial charge in [0.25, 0.3) is 5.91 Å². The highest BCUT2D eigenvalue weighted by atomic mass is 16.5. The molecule has 0 atom stereocenters. The number of nitrogens with two attached hydrogens (primary N) is 1. The number of benzene rings is 3. The van der Waals surface area contributed by atoms with E-state index in [0.29, 0.717) is 50.4 Å². The van der Waals surface area contributed by atoms with Crippen molar-refractivity contribution in [3.63, 3.8) is 0 Å². The van der Waals surface area contributed by atoms with E-state index in [9.17, 15) is 9.59 Å². The summed E-state index contributed by atoms with van der Waals surface area (Å²) in [6.07, 6.45) is 4.35. The Labute approximate surface area is 324 Å². The van der Waals surface area contributed by atoms with E-state index >= 15 is 0 Å². The zero-order valence-electron chi connectivity index (χ0n) is 32.7. The van der Waals surface area contributed by atoms with Gasteiger partial charge in [-0.1, -0.05) is 37.3 Å². The summed E-state index contributed by atoms with van der Waals surface area (Å²) >= 11 is 0. The van der Waals surface area contributed by atoms with Gasteiger partial charge in [-0.3, -0.25) is 14.5 Å². The molecule has 7 rings (SSSR count). The molecule has 5 aromatic rings. The number of anilines is 1. The Morgan fingerprint density at radius 2 is 1.75 bits per heavy atom. The molecule has 55 heavy (non-hydrogen) atoms. The van der Waals surface area contributed by atoms with Gasteiger partial charge in [0, 0.05) is 87.5 Å². The Balaban J connectivity index is 1.29.